The van der Waals surface area contributed by atoms with Crippen molar-refractivity contribution in [1.82, 2.24) is 20.4 Å². The van der Waals surface area contributed by atoms with E-state index >= 15 is 0 Å². The minimum atomic E-state index is -0.240. The third-order valence-electron chi connectivity index (χ3n) is 8.80. The highest BCUT2D eigenvalue weighted by atomic mass is 35.5. The Morgan fingerprint density at radius 2 is 1.76 bits per heavy atom. The number of nitrogens with one attached hydrogen (secondary N) is 2. The molecule has 0 radical (unpaired) electrons. The molecule has 3 fully saturated rings. The van der Waals surface area contributed by atoms with Gasteiger partial charge in [0, 0.05) is 64.8 Å². The average molecular weight is 701 g/mol. The summed E-state index contributed by atoms with van der Waals surface area (Å²) in [4.78, 5) is 42.9. The molecule has 2 heterocycles. The predicted molar refractivity (Wildman–Crippen MR) is 191 cm³/mol. The highest BCUT2D eigenvalue weighted by Gasteiger charge is 2.38. The van der Waals surface area contributed by atoms with Crippen LogP contribution in [-0.4, -0.2) is 111 Å². The Morgan fingerprint density at radius 3 is 2.48 bits per heavy atom. The van der Waals surface area contributed by atoms with Crippen molar-refractivity contribution in [3.8, 4) is 0 Å². The molecule has 1 atom stereocenters. The van der Waals surface area contributed by atoms with E-state index in [0.29, 0.717) is 48.7 Å². The van der Waals surface area contributed by atoms with Crippen LogP contribution in [0.4, 0.5) is 5.69 Å². The van der Waals surface area contributed by atoms with Gasteiger partial charge in [0.25, 0.3) is 0 Å². The Bertz CT molecular complexity index is 1070. The summed E-state index contributed by atoms with van der Waals surface area (Å²) >= 11 is 13.8. The molecule has 1 saturated carbocycles. The zero-order valence-electron chi connectivity index (χ0n) is 27.9. The fraction of sp³-hybridized carbons (Fsp3) is 0.735. The van der Waals surface area contributed by atoms with Crippen LogP contribution in [0.5, 0.6) is 0 Å². The van der Waals surface area contributed by atoms with Crippen LogP contribution in [0.3, 0.4) is 0 Å². The summed E-state index contributed by atoms with van der Waals surface area (Å²) in [5.41, 5.74) is 1.06. The first-order valence-corrected chi connectivity index (χ1v) is 19.0. The van der Waals surface area contributed by atoms with E-state index in [0.717, 1.165) is 89.2 Å². The molecule has 1 unspecified atom stereocenters. The maximum absolute atomic E-state index is 12.5. The number of nitrogens with zero attached hydrogens (tertiary/aromatic N) is 3. The molecule has 0 spiro atoms. The van der Waals surface area contributed by atoms with Crippen LogP contribution in [0.2, 0.25) is 10.0 Å². The number of thioether (sulfide) groups is 1. The number of hydrogen-bond donors (Lipinski definition) is 2. The van der Waals surface area contributed by atoms with E-state index in [2.05, 4.69) is 27.4 Å². The molecule has 1 aromatic carbocycles. The van der Waals surface area contributed by atoms with Gasteiger partial charge in [0.1, 0.15) is 0 Å². The van der Waals surface area contributed by atoms with E-state index in [-0.39, 0.29) is 23.0 Å². The Balaban J connectivity index is 0.000000300. The predicted octanol–water partition coefficient (Wildman–Crippen LogP) is 5.62. The molecular weight excluding hydrogens is 645 g/mol. The second-order valence-electron chi connectivity index (χ2n) is 12.2. The lowest BCUT2D eigenvalue weighted by molar-refractivity contribution is -0.138. The van der Waals surface area contributed by atoms with Crippen LogP contribution in [0, 0.1) is 0 Å². The van der Waals surface area contributed by atoms with Gasteiger partial charge in [-0.15, -0.1) is 11.8 Å². The minimum Gasteiger partial charge on any atom is -0.380 e. The maximum Gasteiger partial charge on any atom is 0.242 e. The van der Waals surface area contributed by atoms with Gasteiger partial charge < -0.3 is 25.2 Å². The van der Waals surface area contributed by atoms with E-state index in [9.17, 15) is 14.4 Å². The molecule has 260 valence electrons. The van der Waals surface area contributed by atoms with Gasteiger partial charge in [0.05, 0.1) is 27.6 Å². The molecule has 46 heavy (non-hydrogen) atoms. The number of likely N-dealkylation sites (tertiary alicyclic amines) is 1. The quantitative estimate of drug-likeness (QED) is 0.160. The summed E-state index contributed by atoms with van der Waals surface area (Å²) in [6.45, 7) is 10.2. The Labute approximate surface area is 290 Å². The molecular formula is C34H55Cl2N5O4S. The fourth-order valence-electron chi connectivity index (χ4n) is 6.00. The van der Waals surface area contributed by atoms with Gasteiger partial charge in [-0.3, -0.25) is 19.3 Å². The van der Waals surface area contributed by atoms with Crippen molar-refractivity contribution in [3.05, 3.63) is 28.2 Å². The van der Waals surface area contributed by atoms with Crippen LogP contribution in [0.15, 0.2) is 18.2 Å². The lowest BCUT2D eigenvalue weighted by Crippen LogP contribution is -2.46. The number of halogens is 2. The van der Waals surface area contributed by atoms with E-state index < -0.39 is 0 Å². The first kappa shape index (κ1) is 38.9. The average Bonchev–Trinajstić information content (AvgIpc) is 3.34. The summed E-state index contributed by atoms with van der Waals surface area (Å²) in [5.74, 6) is 0.864. The molecule has 1 aliphatic carbocycles. The fourth-order valence-corrected chi connectivity index (χ4v) is 7.52. The number of imide groups is 1. The molecule has 0 aromatic heterocycles. The zero-order chi connectivity index (χ0) is 33.1. The van der Waals surface area contributed by atoms with E-state index in [1.54, 1.807) is 11.8 Å². The molecule has 1 aromatic rings. The van der Waals surface area contributed by atoms with Gasteiger partial charge >= 0.3 is 0 Å². The molecule has 12 heteroatoms. The maximum atomic E-state index is 12.5. The normalized spacial score (nSPS) is 19.3. The number of piperazine rings is 1. The van der Waals surface area contributed by atoms with E-state index in [4.69, 9.17) is 27.9 Å². The van der Waals surface area contributed by atoms with Gasteiger partial charge in [-0.2, -0.15) is 0 Å². The topological polar surface area (TPSA) is 94.2 Å². The highest BCUT2D eigenvalue weighted by Crippen LogP contribution is 2.33. The van der Waals surface area contributed by atoms with Gasteiger partial charge in [-0.1, -0.05) is 61.9 Å². The van der Waals surface area contributed by atoms with Crippen molar-refractivity contribution in [2.45, 2.75) is 88.8 Å². The van der Waals surface area contributed by atoms with Gasteiger partial charge in [0.15, 0.2) is 0 Å². The van der Waals surface area contributed by atoms with Crippen molar-refractivity contribution < 1.29 is 19.1 Å². The molecule has 3 aliphatic rings. The lowest BCUT2D eigenvalue weighted by atomic mass is 9.95. The van der Waals surface area contributed by atoms with Crippen LogP contribution in [0.25, 0.3) is 0 Å². The number of ether oxygens (including phenoxy) is 1. The van der Waals surface area contributed by atoms with Crippen LogP contribution in [0.1, 0.15) is 77.6 Å². The van der Waals surface area contributed by atoms with Crippen molar-refractivity contribution >= 4 is 58.4 Å². The lowest BCUT2D eigenvalue weighted by Gasteiger charge is -2.36. The third kappa shape index (κ3) is 13.5. The monoisotopic (exact) mass is 699 g/mol. The first-order valence-electron chi connectivity index (χ1n) is 17.2. The number of unbranched alkanes of at least 4 members (excludes halogenated alkanes) is 2. The van der Waals surface area contributed by atoms with Gasteiger partial charge in [0.2, 0.25) is 17.7 Å². The Morgan fingerprint density at radius 1 is 1.00 bits per heavy atom. The van der Waals surface area contributed by atoms with E-state index in [1.807, 2.05) is 25.2 Å². The number of rotatable bonds is 17. The minimum absolute atomic E-state index is 0.0452. The Kier molecular flexibility index (Phi) is 18.7. The zero-order valence-corrected chi connectivity index (χ0v) is 30.2. The number of likely N-dealkylation sites (N-methyl/N-ethyl adjacent to an activating group) is 2. The summed E-state index contributed by atoms with van der Waals surface area (Å²) in [7, 11) is 1.89. The van der Waals surface area contributed by atoms with Crippen LogP contribution >= 0.6 is 35.0 Å². The molecule has 4 rings (SSSR count). The molecule has 3 amide bonds. The summed E-state index contributed by atoms with van der Waals surface area (Å²) in [6, 6.07) is 6.18. The van der Waals surface area contributed by atoms with Crippen LogP contribution in [-0.2, 0) is 19.1 Å². The second-order valence-corrected chi connectivity index (χ2v) is 14.3. The number of benzene rings is 1. The van der Waals surface area contributed by atoms with Crippen molar-refractivity contribution in [1.29, 1.82) is 0 Å². The largest absolute Gasteiger partial charge is 0.380 e. The van der Waals surface area contributed by atoms with Gasteiger partial charge in [-0.25, -0.2) is 0 Å². The van der Waals surface area contributed by atoms with Crippen LogP contribution < -0.4 is 15.5 Å². The summed E-state index contributed by atoms with van der Waals surface area (Å²) < 4.78 is 5.48. The number of carbonyl (C=O) groups excluding carboxylic acids is 3. The second kappa shape index (κ2) is 22.1. The van der Waals surface area contributed by atoms with Crippen molar-refractivity contribution in [2.75, 3.05) is 76.7 Å². The van der Waals surface area contributed by atoms with E-state index in [1.165, 1.54) is 24.2 Å². The molecule has 0 bridgehead atoms. The Hall–Kier alpha value is -1.56. The third-order valence-corrected chi connectivity index (χ3v) is 10.9. The first-order chi connectivity index (χ1) is 22.3. The standard InChI is InChI=1S/C22H39N3O4S.C12H16Cl2N2/c1-23-12-15-29-14-8-16-30-19-17-21(27)25(22(19)28)13-7-3-6-11-20(26)24-18-9-4-2-5-10-18;1-2-15-6-8-16(9-7-15)11-5-3-4-10(13)12(11)14/h18-19,23H,2-17H2,1H3,(H,24,26);3-5H,2,6-9H2,1H3. The number of hydrogen-bond acceptors (Lipinski definition) is 8. The highest BCUT2D eigenvalue weighted by molar-refractivity contribution is 8.00. The number of amides is 3. The summed E-state index contributed by atoms with van der Waals surface area (Å²) in [6.07, 6.45) is 10.1. The van der Waals surface area contributed by atoms with Crippen molar-refractivity contribution in [3.63, 3.8) is 0 Å². The van der Waals surface area contributed by atoms with Gasteiger partial charge in [-0.05, 0) is 63.6 Å². The SMILES string of the molecule is CCN1CCN(c2cccc(Cl)c2Cl)CC1.CNCCOCCCSC1CC(=O)N(CCCCCC(=O)NC2CCCCC2)C1=O. The number of anilines is 1. The molecule has 2 N–H and O–H groups in total. The van der Waals surface area contributed by atoms with Crippen molar-refractivity contribution in [2.24, 2.45) is 0 Å². The molecule has 2 aliphatic heterocycles. The number of carbonyl (C=O) groups is 3. The molecule has 9 nitrogen and oxygen atoms in total. The smallest absolute Gasteiger partial charge is 0.242 e. The summed E-state index contributed by atoms with van der Waals surface area (Å²) in [5, 5.41) is 7.24. The molecule has 2 saturated heterocycles.